The molecule has 1 N–H and O–H groups in total. The van der Waals surface area contributed by atoms with Crippen molar-refractivity contribution in [1.29, 1.82) is 0 Å². The zero-order valence-corrected chi connectivity index (χ0v) is 21.2. The fourth-order valence-corrected chi connectivity index (χ4v) is 5.89. The Bertz CT molecular complexity index is 1240. The number of nitrogens with one attached hydrogen (secondary N) is 1. The van der Waals surface area contributed by atoms with E-state index in [0.29, 0.717) is 30.7 Å². The second-order valence-corrected chi connectivity index (χ2v) is 10.9. The lowest BCUT2D eigenvalue weighted by Crippen LogP contribution is -2.66. The minimum Gasteiger partial charge on any atom is -0.351 e. The molecule has 5 atom stereocenters. The van der Waals surface area contributed by atoms with Gasteiger partial charge in [0.25, 0.3) is 5.91 Å². The van der Waals surface area contributed by atoms with Crippen LogP contribution in [0.15, 0.2) is 54.6 Å². The first-order valence-electron chi connectivity index (χ1n) is 12.9. The highest BCUT2D eigenvalue weighted by molar-refractivity contribution is 6.01. The predicted molar refractivity (Wildman–Crippen MR) is 138 cm³/mol. The number of benzene rings is 2. The zero-order valence-electron chi connectivity index (χ0n) is 21.2. The van der Waals surface area contributed by atoms with Crippen molar-refractivity contribution in [3.05, 3.63) is 66.0 Å². The molecular weight excluding hydrogens is 436 g/mol. The number of carbonyl (C=O) groups is 2. The molecule has 35 heavy (non-hydrogen) atoms. The van der Waals surface area contributed by atoms with Gasteiger partial charge >= 0.3 is 0 Å². The average molecular weight is 473 g/mol. The van der Waals surface area contributed by atoms with Gasteiger partial charge in [-0.05, 0) is 48.8 Å². The van der Waals surface area contributed by atoms with Crippen molar-refractivity contribution < 1.29 is 9.59 Å². The first kappa shape index (κ1) is 23.6. The molecule has 0 radical (unpaired) electrons. The summed E-state index contributed by atoms with van der Waals surface area (Å²) in [6.07, 6.45) is 3.31. The molecule has 2 amide bonds. The van der Waals surface area contributed by atoms with Crippen LogP contribution in [-0.2, 0) is 11.3 Å². The fourth-order valence-electron chi connectivity index (χ4n) is 5.89. The fraction of sp³-hybridized carbons (Fsp3) is 0.483. The molecule has 5 rings (SSSR count). The lowest BCUT2D eigenvalue weighted by molar-refractivity contribution is -0.134. The van der Waals surface area contributed by atoms with Crippen molar-refractivity contribution in [3.63, 3.8) is 0 Å². The van der Waals surface area contributed by atoms with Crippen LogP contribution in [0.4, 0.5) is 0 Å². The minimum absolute atomic E-state index is 0.0690. The summed E-state index contributed by atoms with van der Waals surface area (Å²) in [5.41, 5.74) is 1.81. The molecule has 0 saturated heterocycles. The highest BCUT2D eigenvalue weighted by atomic mass is 16.2. The summed E-state index contributed by atoms with van der Waals surface area (Å²) in [6.45, 7) is 9.38. The van der Waals surface area contributed by atoms with Gasteiger partial charge in [0.15, 0.2) is 5.82 Å². The Labute approximate surface area is 207 Å². The van der Waals surface area contributed by atoms with E-state index in [0.717, 1.165) is 29.4 Å². The van der Waals surface area contributed by atoms with Gasteiger partial charge in [-0.25, -0.2) is 4.98 Å². The standard InChI is InChI=1S/C29H36N4O2/c1-19-11-10-15-23(21(19)3)31-28(35)29(4)18-32-25-16-9-8-14-24(25)30-26(32)27(34)33(29)17-20(2)22-12-6-5-7-13-22/h5-9,12-14,16,19-21,23H,10-11,15,17-18H2,1-4H3,(H,31,35)/t19-,20-,21+,23-,29-/m1/s1. The molecule has 0 spiro atoms. The monoisotopic (exact) mass is 472 g/mol. The van der Waals surface area contributed by atoms with E-state index in [-0.39, 0.29) is 23.8 Å². The molecule has 1 aliphatic carbocycles. The molecule has 2 aromatic carbocycles. The molecule has 0 bridgehead atoms. The van der Waals surface area contributed by atoms with E-state index in [9.17, 15) is 9.59 Å². The van der Waals surface area contributed by atoms with Crippen LogP contribution in [0, 0.1) is 11.8 Å². The Hall–Kier alpha value is -3.15. The van der Waals surface area contributed by atoms with E-state index in [4.69, 9.17) is 0 Å². The van der Waals surface area contributed by atoms with Gasteiger partial charge in [-0.2, -0.15) is 0 Å². The second-order valence-electron chi connectivity index (χ2n) is 10.9. The Morgan fingerprint density at radius 1 is 1.11 bits per heavy atom. The van der Waals surface area contributed by atoms with Crippen LogP contribution in [0.3, 0.4) is 0 Å². The van der Waals surface area contributed by atoms with Gasteiger partial charge in [-0.15, -0.1) is 0 Å². The molecule has 2 heterocycles. The normalized spacial score (nSPS) is 27.5. The smallest absolute Gasteiger partial charge is 0.290 e. The highest BCUT2D eigenvalue weighted by Crippen LogP contribution is 2.34. The number of aromatic nitrogens is 2. The summed E-state index contributed by atoms with van der Waals surface area (Å²) in [6, 6.07) is 18.1. The molecular formula is C29H36N4O2. The molecule has 3 aromatic rings. The van der Waals surface area contributed by atoms with Crippen LogP contribution in [-0.4, -0.2) is 44.4 Å². The van der Waals surface area contributed by atoms with Gasteiger partial charge in [-0.3, -0.25) is 9.59 Å². The van der Waals surface area contributed by atoms with Crippen LogP contribution in [0.1, 0.15) is 69.1 Å². The number of carbonyl (C=O) groups excluding carboxylic acids is 2. The minimum atomic E-state index is -1.02. The lowest BCUT2D eigenvalue weighted by Gasteiger charge is -2.46. The molecule has 6 nitrogen and oxygen atoms in total. The number of para-hydroxylation sites is 2. The van der Waals surface area contributed by atoms with E-state index in [2.05, 4.69) is 43.2 Å². The molecule has 1 aliphatic heterocycles. The maximum atomic E-state index is 14.0. The summed E-state index contributed by atoms with van der Waals surface area (Å²) in [7, 11) is 0. The summed E-state index contributed by atoms with van der Waals surface area (Å²) in [5, 5.41) is 3.38. The van der Waals surface area contributed by atoms with Gasteiger partial charge in [0.05, 0.1) is 17.6 Å². The lowest BCUT2D eigenvalue weighted by atomic mass is 9.77. The summed E-state index contributed by atoms with van der Waals surface area (Å²) in [4.78, 5) is 34.4. The van der Waals surface area contributed by atoms with Gasteiger partial charge in [-0.1, -0.05) is 76.1 Å². The largest absolute Gasteiger partial charge is 0.351 e. The van der Waals surface area contributed by atoms with Crippen molar-refractivity contribution >= 4 is 22.8 Å². The van der Waals surface area contributed by atoms with E-state index >= 15 is 0 Å². The molecule has 1 fully saturated rings. The van der Waals surface area contributed by atoms with Crippen molar-refractivity contribution in [2.45, 2.75) is 71.0 Å². The molecule has 1 aromatic heterocycles. The van der Waals surface area contributed by atoms with Gasteiger partial charge in [0, 0.05) is 12.6 Å². The number of nitrogens with zero attached hydrogens (tertiary/aromatic N) is 3. The topological polar surface area (TPSA) is 67.2 Å². The number of rotatable bonds is 5. The van der Waals surface area contributed by atoms with Crippen molar-refractivity contribution in [2.24, 2.45) is 11.8 Å². The third-order valence-electron chi connectivity index (χ3n) is 8.49. The Morgan fingerprint density at radius 3 is 2.60 bits per heavy atom. The molecule has 184 valence electrons. The number of amides is 2. The number of hydrogen-bond acceptors (Lipinski definition) is 3. The Balaban J connectivity index is 1.52. The third-order valence-corrected chi connectivity index (χ3v) is 8.49. The summed E-state index contributed by atoms with van der Waals surface area (Å²) < 4.78 is 1.94. The number of hydrogen-bond donors (Lipinski definition) is 1. The molecule has 2 aliphatic rings. The van der Waals surface area contributed by atoms with E-state index in [1.807, 2.05) is 54.0 Å². The van der Waals surface area contributed by atoms with E-state index in [1.54, 1.807) is 4.90 Å². The van der Waals surface area contributed by atoms with Crippen LogP contribution >= 0.6 is 0 Å². The van der Waals surface area contributed by atoms with Gasteiger partial charge in [0.1, 0.15) is 5.54 Å². The highest BCUT2D eigenvalue weighted by Gasteiger charge is 2.49. The maximum Gasteiger partial charge on any atom is 0.290 e. The van der Waals surface area contributed by atoms with Crippen molar-refractivity contribution in [1.82, 2.24) is 19.8 Å². The van der Waals surface area contributed by atoms with Gasteiger partial charge < -0.3 is 14.8 Å². The van der Waals surface area contributed by atoms with Crippen LogP contribution < -0.4 is 5.32 Å². The van der Waals surface area contributed by atoms with Crippen molar-refractivity contribution in [3.8, 4) is 0 Å². The first-order valence-corrected chi connectivity index (χ1v) is 12.9. The summed E-state index contributed by atoms with van der Waals surface area (Å²) in [5.74, 6) is 1.23. The number of fused-ring (bicyclic) bond motifs is 3. The van der Waals surface area contributed by atoms with Crippen LogP contribution in [0.2, 0.25) is 0 Å². The Morgan fingerprint density at radius 2 is 1.83 bits per heavy atom. The van der Waals surface area contributed by atoms with E-state index < -0.39 is 5.54 Å². The maximum absolute atomic E-state index is 14.0. The first-order chi connectivity index (χ1) is 16.8. The zero-order chi connectivity index (χ0) is 24.7. The van der Waals surface area contributed by atoms with Crippen molar-refractivity contribution in [2.75, 3.05) is 6.54 Å². The molecule has 0 unspecified atom stereocenters. The average Bonchev–Trinajstić information content (AvgIpc) is 3.23. The second kappa shape index (κ2) is 9.14. The van der Waals surface area contributed by atoms with Crippen LogP contribution in [0.5, 0.6) is 0 Å². The predicted octanol–water partition coefficient (Wildman–Crippen LogP) is 5.00. The molecule has 1 saturated carbocycles. The Kier molecular flexibility index (Phi) is 6.16. The summed E-state index contributed by atoms with van der Waals surface area (Å²) >= 11 is 0. The molecule has 6 heteroatoms. The van der Waals surface area contributed by atoms with Crippen LogP contribution in [0.25, 0.3) is 11.0 Å². The van der Waals surface area contributed by atoms with E-state index in [1.165, 1.54) is 6.42 Å². The van der Waals surface area contributed by atoms with Gasteiger partial charge in [0.2, 0.25) is 5.91 Å². The third kappa shape index (κ3) is 4.13. The number of imidazole rings is 1. The SMILES string of the molecule is C[C@H]1[C@H](C)CCC[C@H]1NC(=O)[C@@]1(C)Cn2c(nc3ccccc32)C(=O)N1C[C@@H](C)c1ccccc1. The quantitative estimate of drug-likeness (QED) is 0.569.